The summed E-state index contributed by atoms with van der Waals surface area (Å²) in [5.41, 5.74) is 0.459. The van der Waals surface area contributed by atoms with Gasteiger partial charge in [0.15, 0.2) is 5.79 Å². The van der Waals surface area contributed by atoms with E-state index < -0.39 is 0 Å². The van der Waals surface area contributed by atoms with E-state index in [4.69, 9.17) is 9.47 Å². The summed E-state index contributed by atoms with van der Waals surface area (Å²) in [6.07, 6.45) is 4.51. The van der Waals surface area contributed by atoms with Crippen molar-refractivity contribution in [2.24, 2.45) is 5.41 Å². The van der Waals surface area contributed by atoms with Crippen LogP contribution in [0.2, 0.25) is 0 Å². The average Bonchev–Trinajstić information content (AvgIpc) is 2.96. The van der Waals surface area contributed by atoms with E-state index in [-0.39, 0.29) is 5.79 Å². The second kappa shape index (κ2) is 4.99. The second-order valence-electron chi connectivity index (χ2n) is 7.20. The summed E-state index contributed by atoms with van der Waals surface area (Å²) in [4.78, 5) is 2.66. The highest BCUT2D eigenvalue weighted by atomic mass is 16.7. The van der Waals surface area contributed by atoms with E-state index in [1.54, 1.807) is 0 Å². The molecule has 0 aromatic carbocycles. The topological polar surface area (TPSA) is 33.7 Å². The molecule has 0 bridgehead atoms. The summed E-state index contributed by atoms with van der Waals surface area (Å²) < 4.78 is 11.9. The first-order valence-electron chi connectivity index (χ1n) is 7.73. The minimum absolute atomic E-state index is 0.273. The normalized spacial score (nSPS) is 38.1. The zero-order valence-electron chi connectivity index (χ0n) is 12.6. The molecule has 2 atom stereocenters. The van der Waals surface area contributed by atoms with E-state index in [0.717, 1.165) is 32.5 Å². The van der Waals surface area contributed by atoms with Crippen LogP contribution in [-0.4, -0.2) is 56.1 Å². The molecule has 0 amide bonds. The molecular formula is C15H28N2O2. The second-order valence-corrected chi connectivity index (χ2v) is 7.20. The summed E-state index contributed by atoms with van der Waals surface area (Å²) in [6, 6.07) is 1.13. The highest BCUT2D eigenvalue weighted by Crippen LogP contribution is 2.40. The Kier molecular flexibility index (Phi) is 3.63. The van der Waals surface area contributed by atoms with Crippen LogP contribution >= 0.6 is 0 Å². The Balaban J connectivity index is 1.72. The first-order chi connectivity index (χ1) is 9.04. The van der Waals surface area contributed by atoms with Crippen molar-refractivity contribution >= 4 is 0 Å². The lowest BCUT2D eigenvalue weighted by Crippen LogP contribution is -2.56. The van der Waals surface area contributed by atoms with Crippen LogP contribution in [0, 0.1) is 5.41 Å². The quantitative estimate of drug-likeness (QED) is 0.825. The van der Waals surface area contributed by atoms with Crippen molar-refractivity contribution in [3.05, 3.63) is 0 Å². The fourth-order valence-electron chi connectivity index (χ4n) is 4.05. The lowest BCUT2D eigenvalue weighted by Gasteiger charge is -2.45. The van der Waals surface area contributed by atoms with Gasteiger partial charge in [0, 0.05) is 31.5 Å². The molecule has 3 fully saturated rings. The van der Waals surface area contributed by atoms with Gasteiger partial charge in [-0.1, -0.05) is 13.8 Å². The molecule has 2 unspecified atom stereocenters. The van der Waals surface area contributed by atoms with Gasteiger partial charge in [-0.2, -0.15) is 0 Å². The van der Waals surface area contributed by atoms with E-state index in [2.05, 4.69) is 31.1 Å². The molecule has 4 nitrogen and oxygen atoms in total. The van der Waals surface area contributed by atoms with Gasteiger partial charge in [0.1, 0.15) is 0 Å². The summed E-state index contributed by atoms with van der Waals surface area (Å²) in [6.45, 7) is 8.70. The minimum atomic E-state index is -0.273. The van der Waals surface area contributed by atoms with Gasteiger partial charge in [-0.05, 0) is 31.8 Å². The van der Waals surface area contributed by atoms with Gasteiger partial charge in [-0.25, -0.2) is 0 Å². The van der Waals surface area contributed by atoms with Crippen LogP contribution in [0.25, 0.3) is 0 Å². The molecule has 19 heavy (non-hydrogen) atoms. The Labute approximate surface area is 116 Å². The molecule has 1 saturated carbocycles. The molecule has 0 aromatic heterocycles. The molecule has 2 aliphatic heterocycles. The third kappa shape index (κ3) is 2.68. The third-order valence-corrected chi connectivity index (χ3v) is 5.18. The smallest absolute Gasteiger partial charge is 0.170 e. The van der Waals surface area contributed by atoms with Crippen molar-refractivity contribution < 1.29 is 9.47 Å². The van der Waals surface area contributed by atoms with Crippen molar-refractivity contribution in [1.82, 2.24) is 10.2 Å². The van der Waals surface area contributed by atoms with Crippen molar-refractivity contribution in [1.29, 1.82) is 0 Å². The molecular weight excluding hydrogens is 240 g/mol. The molecule has 1 aliphatic carbocycles. The molecule has 2 saturated heterocycles. The van der Waals surface area contributed by atoms with Gasteiger partial charge in [0.25, 0.3) is 0 Å². The summed E-state index contributed by atoms with van der Waals surface area (Å²) in [7, 11) is 2.09. The largest absolute Gasteiger partial charge is 0.347 e. The Bertz CT molecular complexity index is 326. The predicted molar refractivity (Wildman–Crippen MR) is 75.1 cm³/mol. The summed E-state index contributed by atoms with van der Waals surface area (Å²) >= 11 is 0. The van der Waals surface area contributed by atoms with Crippen LogP contribution in [0.4, 0.5) is 0 Å². The lowest BCUT2D eigenvalue weighted by molar-refractivity contribution is -0.192. The molecule has 3 aliphatic rings. The number of likely N-dealkylation sites (tertiary alicyclic amines) is 1. The maximum absolute atomic E-state index is 5.94. The number of hydrogen-bond donors (Lipinski definition) is 1. The van der Waals surface area contributed by atoms with E-state index in [9.17, 15) is 0 Å². The van der Waals surface area contributed by atoms with Crippen LogP contribution in [0.1, 0.15) is 39.5 Å². The van der Waals surface area contributed by atoms with Gasteiger partial charge >= 0.3 is 0 Å². The van der Waals surface area contributed by atoms with Gasteiger partial charge in [-0.3, -0.25) is 4.90 Å². The molecule has 0 aromatic rings. The number of nitrogens with one attached hydrogen (secondary N) is 1. The Hall–Kier alpha value is -0.160. The zero-order chi connectivity index (χ0) is 13.5. The van der Waals surface area contributed by atoms with E-state index in [1.807, 2.05) is 0 Å². The highest BCUT2D eigenvalue weighted by Gasteiger charge is 2.48. The molecule has 2 heterocycles. The Morgan fingerprint density at radius 2 is 1.89 bits per heavy atom. The predicted octanol–water partition coefficient (Wildman–Crippen LogP) is 1.60. The number of rotatable bonds is 2. The van der Waals surface area contributed by atoms with Crippen molar-refractivity contribution in [3.63, 3.8) is 0 Å². The van der Waals surface area contributed by atoms with Crippen LogP contribution < -0.4 is 5.32 Å². The first-order valence-corrected chi connectivity index (χ1v) is 7.73. The van der Waals surface area contributed by atoms with Crippen LogP contribution in [0.15, 0.2) is 0 Å². The van der Waals surface area contributed by atoms with E-state index in [1.165, 1.54) is 19.5 Å². The van der Waals surface area contributed by atoms with Crippen molar-refractivity contribution in [3.8, 4) is 0 Å². The fraction of sp³-hybridized carbons (Fsp3) is 1.00. The van der Waals surface area contributed by atoms with Gasteiger partial charge in [0.05, 0.1) is 13.2 Å². The fourth-order valence-corrected chi connectivity index (χ4v) is 4.05. The number of likely N-dealkylation sites (N-methyl/N-ethyl adjacent to an activating group) is 1. The SMILES string of the molecule is CNC1CCC2(CC1N1CCC(C)(C)C1)OCCO2. The number of nitrogens with zero attached hydrogens (tertiary/aromatic N) is 1. The maximum Gasteiger partial charge on any atom is 0.170 e. The minimum Gasteiger partial charge on any atom is -0.347 e. The highest BCUT2D eigenvalue weighted by molar-refractivity contribution is 4.99. The third-order valence-electron chi connectivity index (χ3n) is 5.18. The van der Waals surface area contributed by atoms with E-state index in [0.29, 0.717) is 17.5 Å². The van der Waals surface area contributed by atoms with Crippen molar-refractivity contribution in [2.75, 3.05) is 33.4 Å². The van der Waals surface area contributed by atoms with Gasteiger partial charge in [-0.15, -0.1) is 0 Å². The summed E-state index contributed by atoms with van der Waals surface area (Å²) in [5, 5.41) is 3.51. The van der Waals surface area contributed by atoms with E-state index >= 15 is 0 Å². The molecule has 1 spiro atoms. The van der Waals surface area contributed by atoms with Crippen LogP contribution in [0.5, 0.6) is 0 Å². The first kappa shape index (κ1) is 13.8. The average molecular weight is 268 g/mol. The molecule has 110 valence electrons. The summed E-state index contributed by atoms with van der Waals surface area (Å²) in [5.74, 6) is -0.273. The molecule has 1 N–H and O–H groups in total. The standard InChI is InChI=1S/C15H28N2O2/c1-14(2)6-7-17(11-14)13-10-15(18-8-9-19-15)5-4-12(13)16-3/h12-13,16H,4-11H2,1-3H3. The molecule has 0 radical (unpaired) electrons. The van der Waals surface area contributed by atoms with Gasteiger partial charge in [0.2, 0.25) is 0 Å². The Morgan fingerprint density at radius 1 is 1.16 bits per heavy atom. The Morgan fingerprint density at radius 3 is 2.47 bits per heavy atom. The lowest BCUT2D eigenvalue weighted by atomic mass is 9.84. The van der Waals surface area contributed by atoms with Crippen molar-refractivity contribution in [2.45, 2.75) is 57.4 Å². The maximum atomic E-state index is 5.94. The number of ether oxygens (including phenoxy) is 2. The monoisotopic (exact) mass is 268 g/mol. The van der Waals surface area contributed by atoms with Gasteiger partial charge < -0.3 is 14.8 Å². The zero-order valence-corrected chi connectivity index (χ0v) is 12.6. The van der Waals surface area contributed by atoms with Crippen LogP contribution in [-0.2, 0) is 9.47 Å². The molecule has 4 heteroatoms. The number of hydrogen-bond acceptors (Lipinski definition) is 4. The molecule has 3 rings (SSSR count). The van der Waals surface area contributed by atoms with Crippen LogP contribution in [0.3, 0.4) is 0 Å².